The van der Waals surface area contributed by atoms with E-state index in [0.29, 0.717) is 12.1 Å². The van der Waals surface area contributed by atoms with E-state index in [1.165, 1.54) is 24.3 Å². The maximum absolute atomic E-state index is 12.7. The van der Waals surface area contributed by atoms with E-state index in [1.807, 2.05) is 12.2 Å². The SMILES string of the molecule is O=C(COC(=O)[C@H]1CC=CCC1)NCC(=O)Nc1ccc(F)cc1. The van der Waals surface area contributed by atoms with Gasteiger partial charge in [0.05, 0.1) is 12.5 Å². The Hall–Kier alpha value is -2.70. The highest BCUT2D eigenvalue weighted by Crippen LogP contribution is 2.19. The van der Waals surface area contributed by atoms with Crippen molar-refractivity contribution in [2.24, 2.45) is 5.92 Å². The van der Waals surface area contributed by atoms with E-state index < -0.39 is 30.2 Å². The summed E-state index contributed by atoms with van der Waals surface area (Å²) in [5, 5.41) is 4.86. The summed E-state index contributed by atoms with van der Waals surface area (Å²) >= 11 is 0. The summed E-state index contributed by atoms with van der Waals surface area (Å²) in [6.45, 7) is -0.678. The van der Waals surface area contributed by atoms with Gasteiger partial charge in [-0.3, -0.25) is 14.4 Å². The van der Waals surface area contributed by atoms with Crippen LogP contribution in [0.3, 0.4) is 0 Å². The minimum Gasteiger partial charge on any atom is -0.455 e. The van der Waals surface area contributed by atoms with Gasteiger partial charge in [-0.05, 0) is 43.5 Å². The van der Waals surface area contributed by atoms with Crippen LogP contribution >= 0.6 is 0 Å². The van der Waals surface area contributed by atoms with Gasteiger partial charge in [0.2, 0.25) is 5.91 Å². The first-order valence-electron chi connectivity index (χ1n) is 7.68. The second-order valence-electron chi connectivity index (χ2n) is 5.42. The van der Waals surface area contributed by atoms with Gasteiger partial charge in [0, 0.05) is 5.69 Å². The molecule has 0 aromatic heterocycles. The molecule has 0 saturated heterocycles. The third kappa shape index (κ3) is 5.83. The number of nitrogens with one attached hydrogen (secondary N) is 2. The standard InChI is InChI=1S/C17H19FN2O4/c18-13-6-8-14(9-7-13)20-15(21)10-19-16(22)11-24-17(23)12-4-2-1-3-5-12/h1-2,6-9,12H,3-5,10-11H2,(H,19,22)(H,20,21)/t12-/m0/s1. The van der Waals surface area contributed by atoms with E-state index in [2.05, 4.69) is 10.6 Å². The molecule has 24 heavy (non-hydrogen) atoms. The van der Waals surface area contributed by atoms with Crippen molar-refractivity contribution < 1.29 is 23.5 Å². The summed E-state index contributed by atoms with van der Waals surface area (Å²) in [6, 6.07) is 5.26. The molecule has 1 aromatic rings. The second kappa shape index (κ2) is 8.81. The largest absolute Gasteiger partial charge is 0.455 e. The van der Waals surface area contributed by atoms with Crippen molar-refractivity contribution in [2.75, 3.05) is 18.5 Å². The quantitative estimate of drug-likeness (QED) is 0.613. The molecule has 2 N–H and O–H groups in total. The normalized spacial score (nSPS) is 16.3. The van der Waals surface area contributed by atoms with Crippen molar-refractivity contribution in [2.45, 2.75) is 19.3 Å². The molecule has 6 nitrogen and oxygen atoms in total. The van der Waals surface area contributed by atoms with E-state index in [0.717, 1.165) is 12.8 Å². The van der Waals surface area contributed by atoms with Crippen molar-refractivity contribution in [1.82, 2.24) is 5.32 Å². The third-order valence-electron chi connectivity index (χ3n) is 3.52. The van der Waals surface area contributed by atoms with Gasteiger partial charge in [-0.15, -0.1) is 0 Å². The summed E-state index contributed by atoms with van der Waals surface area (Å²) in [6.07, 6.45) is 6.11. The Morgan fingerprint density at radius 3 is 2.54 bits per heavy atom. The van der Waals surface area contributed by atoms with E-state index in [1.54, 1.807) is 0 Å². The van der Waals surface area contributed by atoms with Gasteiger partial charge in [-0.25, -0.2) is 4.39 Å². The smallest absolute Gasteiger partial charge is 0.309 e. The molecule has 1 aliphatic carbocycles. The number of amides is 2. The van der Waals surface area contributed by atoms with E-state index in [9.17, 15) is 18.8 Å². The second-order valence-corrected chi connectivity index (χ2v) is 5.42. The van der Waals surface area contributed by atoms with Gasteiger partial charge in [0.25, 0.3) is 5.91 Å². The molecule has 0 fully saturated rings. The Labute approximate surface area is 139 Å². The number of esters is 1. The predicted molar refractivity (Wildman–Crippen MR) is 85.5 cm³/mol. The first-order valence-corrected chi connectivity index (χ1v) is 7.68. The fourth-order valence-electron chi connectivity index (χ4n) is 2.23. The monoisotopic (exact) mass is 334 g/mol. The molecule has 0 unspecified atom stereocenters. The number of halogens is 1. The molecule has 7 heteroatoms. The highest BCUT2D eigenvalue weighted by Gasteiger charge is 2.21. The van der Waals surface area contributed by atoms with Crippen molar-refractivity contribution in [3.8, 4) is 0 Å². The number of benzene rings is 1. The molecule has 0 bridgehead atoms. The number of carbonyl (C=O) groups is 3. The Morgan fingerprint density at radius 2 is 1.88 bits per heavy atom. The molecule has 2 amide bonds. The number of rotatable bonds is 6. The number of ether oxygens (including phenoxy) is 1. The summed E-state index contributed by atoms with van der Waals surface area (Å²) in [7, 11) is 0. The van der Waals surface area contributed by atoms with Crippen LogP contribution in [0.1, 0.15) is 19.3 Å². The molecule has 0 heterocycles. The summed E-state index contributed by atoms with van der Waals surface area (Å²) in [5.41, 5.74) is 0.424. The zero-order chi connectivity index (χ0) is 17.4. The third-order valence-corrected chi connectivity index (χ3v) is 3.52. The van der Waals surface area contributed by atoms with Gasteiger partial charge in [0.15, 0.2) is 6.61 Å². The van der Waals surface area contributed by atoms with Gasteiger partial charge < -0.3 is 15.4 Å². The van der Waals surface area contributed by atoms with Crippen molar-refractivity contribution >= 4 is 23.5 Å². The van der Waals surface area contributed by atoms with Crippen LogP contribution in [-0.4, -0.2) is 30.9 Å². The van der Waals surface area contributed by atoms with Crippen LogP contribution in [0.25, 0.3) is 0 Å². The average Bonchev–Trinajstić information content (AvgIpc) is 2.60. The highest BCUT2D eigenvalue weighted by molar-refractivity contribution is 5.94. The minimum absolute atomic E-state index is 0.204. The molecular weight excluding hydrogens is 315 g/mol. The summed E-state index contributed by atoms with van der Waals surface area (Å²) < 4.78 is 17.7. The van der Waals surface area contributed by atoms with E-state index >= 15 is 0 Å². The fourth-order valence-corrected chi connectivity index (χ4v) is 2.23. The lowest BCUT2D eigenvalue weighted by Crippen LogP contribution is -2.36. The molecule has 0 saturated carbocycles. The number of hydrogen-bond donors (Lipinski definition) is 2. The minimum atomic E-state index is -0.552. The first kappa shape index (κ1) is 17.7. The summed E-state index contributed by atoms with van der Waals surface area (Å²) in [5.74, 6) is -2.02. The van der Waals surface area contributed by atoms with Crippen LogP contribution in [0.2, 0.25) is 0 Å². The maximum atomic E-state index is 12.7. The number of allylic oxidation sites excluding steroid dienone is 2. The number of carbonyl (C=O) groups excluding carboxylic acids is 3. The highest BCUT2D eigenvalue weighted by atomic mass is 19.1. The van der Waals surface area contributed by atoms with Crippen molar-refractivity contribution in [3.05, 3.63) is 42.2 Å². The number of hydrogen-bond acceptors (Lipinski definition) is 4. The maximum Gasteiger partial charge on any atom is 0.309 e. The lowest BCUT2D eigenvalue weighted by atomic mass is 9.95. The molecule has 1 atom stereocenters. The van der Waals surface area contributed by atoms with Crippen molar-refractivity contribution in [3.63, 3.8) is 0 Å². The van der Waals surface area contributed by atoms with Crippen LogP contribution in [0.5, 0.6) is 0 Å². The zero-order valence-electron chi connectivity index (χ0n) is 13.1. The molecule has 0 aliphatic heterocycles. The Balaban J connectivity index is 1.65. The van der Waals surface area contributed by atoms with Crippen molar-refractivity contribution in [1.29, 1.82) is 0 Å². The lowest BCUT2D eigenvalue weighted by molar-refractivity contribution is -0.152. The Morgan fingerprint density at radius 1 is 1.12 bits per heavy atom. The fraction of sp³-hybridized carbons (Fsp3) is 0.353. The molecular formula is C17H19FN2O4. The lowest BCUT2D eigenvalue weighted by Gasteiger charge is -2.16. The van der Waals surface area contributed by atoms with Crippen LogP contribution < -0.4 is 10.6 Å². The van der Waals surface area contributed by atoms with Crippen LogP contribution in [0.4, 0.5) is 10.1 Å². The topological polar surface area (TPSA) is 84.5 Å². The molecule has 2 rings (SSSR count). The zero-order valence-corrected chi connectivity index (χ0v) is 13.1. The molecule has 1 aromatic carbocycles. The van der Waals surface area contributed by atoms with Gasteiger partial charge in [-0.2, -0.15) is 0 Å². The van der Waals surface area contributed by atoms with Crippen LogP contribution in [0, 0.1) is 11.7 Å². The van der Waals surface area contributed by atoms with Gasteiger partial charge >= 0.3 is 5.97 Å². The van der Waals surface area contributed by atoms with E-state index in [4.69, 9.17) is 4.74 Å². The van der Waals surface area contributed by atoms with Gasteiger partial charge in [-0.1, -0.05) is 12.2 Å². The average molecular weight is 334 g/mol. The Bertz CT molecular complexity index is 628. The summed E-state index contributed by atoms with van der Waals surface area (Å²) in [4.78, 5) is 35.0. The van der Waals surface area contributed by atoms with E-state index in [-0.39, 0.29) is 12.5 Å². The molecule has 128 valence electrons. The predicted octanol–water partition coefficient (Wildman–Crippen LogP) is 1.78. The van der Waals surface area contributed by atoms with Gasteiger partial charge in [0.1, 0.15) is 5.82 Å². The first-order chi connectivity index (χ1) is 11.5. The molecule has 1 aliphatic rings. The number of anilines is 1. The van der Waals surface area contributed by atoms with Crippen LogP contribution in [-0.2, 0) is 19.1 Å². The molecule has 0 spiro atoms. The van der Waals surface area contributed by atoms with Crippen LogP contribution in [0.15, 0.2) is 36.4 Å². The Kier molecular flexibility index (Phi) is 6.48. The molecule has 0 radical (unpaired) electrons.